The van der Waals surface area contributed by atoms with E-state index in [2.05, 4.69) is 67.9 Å². The van der Waals surface area contributed by atoms with E-state index in [1.165, 1.54) is 10.4 Å². The largest absolute Gasteiger partial charge is 0.496 e. The van der Waals surface area contributed by atoms with Crippen LogP contribution in [0.5, 0.6) is 5.75 Å². The highest BCUT2D eigenvalue weighted by molar-refractivity contribution is 7.10. The number of hydrogen-bond donors (Lipinski definition) is 1. The second-order valence-corrected chi connectivity index (χ2v) is 9.01. The Morgan fingerprint density at radius 1 is 1.22 bits per heavy atom. The maximum absolute atomic E-state index is 6.12. The van der Waals surface area contributed by atoms with Gasteiger partial charge in [-0.25, -0.2) is 0 Å². The molecule has 1 aliphatic rings. The van der Waals surface area contributed by atoms with Crippen molar-refractivity contribution in [2.75, 3.05) is 20.3 Å². The van der Waals surface area contributed by atoms with Crippen LogP contribution in [0.2, 0.25) is 0 Å². The van der Waals surface area contributed by atoms with E-state index < -0.39 is 0 Å². The Hall–Kier alpha value is -1.36. The number of methoxy groups -OCH3 is 1. The smallest absolute Gasteiger partial charge is 0.122 e. The van der Waals surface area contributed by atoms with Crippen molar-refractivity contribution < 1.29 is 9.47 Å². The molecule has 1 saturated heterocycles. The Kier molecular flexibility index (Phi) is 6.96. The minimum atomic E-state index is 0.0992. The first-order valence-electron chi connectivity index (χ1n) is 10.1. The zero-order valence-corrected chi connectivity index (χ0v) is 17.9. The third kappa shape index (κ3) is 4.74. The molecule has 3 nitrogen and oxygen atoms in total. The summed E-state index contributed by atoms with van der Waals surface area (Å²) in [7, 11) is 1.78. The molecule has 1 fully saturated rings. The van der Waals surface area contributed by atoms with Gasteiger partial charge in [-0.1, -0.05) is 38.1 Å². The van der Waals surface area contributed by atoms with Crippen LogP contribution in [-0.2, 0) is 10.2 Å². The summed E-state index contributed by atoms with van der Waals surface area (Å²) in [4.78, 5) is 1.40. The SMILES string of the molecule is COc1ccccc1[C@]1(CCN[C@H](C)c2cccs2)CCO[C@@H](C(C)C)C1. The highest BCUT2D eigenvalue weighted by Crippen LogP contribution is 2.45. The highest BCUT2D eigenvalue weighted by Gasteiger charge is 2.40. The first kappa shape index (κ1) is 20.4. The monoisotopic (exact) mass is 387 g/mol. The van der Waals surface area contributed by atoms with Crippen molar-refractivity contribution in [1.29, 1.82) is 0 Å². The standard InChI is InChI=1S/C23H33NO2S/c1-17(2)21-16-23(12-14-26-21,19-8-5-6-9-20(19)25-4)11-13-24-18(3)22-10-7-15-27-22/h5-10,15,17-18,21,24H,11-14,16H2,1-4H3/t18-,21-,23-/m1/s1. The molecule has 1 aromatic heterocycles. The molecule has 3 atom stereocenters. The Morgan fingerprint density at radius 3 is 2.74 bits per heavy atom. The molecule has 0 saturated carbocycles. The quantitative estimate of drug-likeness (QED) is 0.642. The summed E-state index contributed by atoms with van der Waals surface area (Å²) in [5, 5.41) is 5.89. The van der Waals surface area contributed by atoms with E-state index in [-0.39, 0.29) is 5.41 Å². The number of thiophene rings is 1. The van der Waals surface area contributed by atoms with Gasteiger partial charge in [-0.15, -0.1) is 11.3 Å². The molecular weight excluding hydrogens is 354 g/mol. The maximum atomic E-state index is 6.12. The van der Waals surface area contributed by atoms with Gasteiger partial charge in [0.1, 0.15) is 5.75 Å². The first-order chi connectivity index (χ1) is 13.1. The molecule has 27 heavy (non-hydrogen) atoms. The van der Waals surface area contributed by atoms with Gasteiger partial charge in [0.15, 0.2) is 0 Å². The van der Waals surface area contributed by atoms with E-state index in [4.69, 9.17) is 9.47 Å². The lowest BCUT2D eigenvalue weighted by Gasteiger charge is -2.43. The molecule has 0 bridgehead atoms. The van der Waals surface area contributed by atoms with Crippen LogP contribution in [0.1, 0.15) is 56.5 Å². The zero-order valence-electron chi connectivity index (χ0n) is 17.0. The van der Waals surface area contributed by atoms with Gasteiger partial charge in [0.25, 0.3) is 0 Å². The summed E-state index contributed by atoms with van der Waals surface area (Å²) in [6, 6.07) is 13.3. The number of benzene rings is 1. The summed E-state index contributed by atoms with van der Waals surface area (Å²) in [6.07, 6.45) is 3.50. The second kappa shape index (κ2) is 9.22. The molecule has 4 heteroatoms. The molecule has 0 radical (unpaired) electrons. The molecule has 0 spiro atoms. The number of para-hydroxylation sites is 1. The highest BCUT2D eigenvalue weighted by atomic mass is 32.1. The summed E-state index contributed by atoms with van der Waals surface area (Å²) < 4.78 is 11.9. The van der Waals surface area contributed by atoms with Crippen molar-refractivity contribution in [3.63, 3.8) is 0 Å². The van der Waals surface area contributed by atoms with Crippen LogP contribution < -0.4 is 10.1 Å². The van der Waals surface area contributed by atoms with E-state index in [9.17, 15) is 0 Å². The fourth-order valence-corrected chi connectivity index (χ4v) is 4.99. The van der Waals surface area contributed by atoms with Gasteiger partial charge in [-0.05, 0) is 56.2 Å². The van der Waals surface area contributed by atoms with Gasteiger partial charge in [-0.3, -0.25) is 0 Å². The third-order valence-electron chi connectivity index (χ3n) is 5.95. The van der Waals surface area contributed by atoms with E-state index in [1.807, 2.05) is 11.3 Å². The molecule has 0 amide bonds. The predicted molar refractivity (Wildman–Crippen MR) is 114 cm³/mol. The van der Waals surface area contributed by atoms with E-state index in [0.29, 0.717) is 18.1 Å². The van der Waals surface area contributed by atoms with E-state index in [1.54, 1.807) is 7.11 Å². The van der Waals surface area contributed by atoms with Crippen LogP contribution in [0.15, 0.2) is 41.8 Å². The number of ether oxygens (including phenoxy) is 2. The van der Waals surface area contributed by atoms with Crippen LogP contribution in [0.3, 0.4) is 0 Å². The van der Waals surface area contributed by atoms with Crippen molar-refractivity contribution in [3.8, 4) is 5.75 Å². The molecule has 3 rings (SSSR count). The third-order valence-corrected chi connectivity index (χ3v) is 7.01. The van der Waals surface area contributed by atoms with Crippen LogP contribution in [-0.4, -0.2) is 26.4 Å². The first-order valence-corrected chi connectivity index (χ1v) is 11.0. The molecule has 148 valence electrons. The van der Waals surface area contributed by atoms with Crippen LogP contribution in [0, 0.1) is 5.92 Å². The second-order valence-electron chi connectivity index (χ2n) is 8.03. The summed E-state index contributed by atoms with van der Waals surface area (Å²) >= 11 is 1.82. The molecule has 0 aliphatic carbocycles. The maximum Gasteiger partial charge on any atom is 0.122 e. The van der Waals surface area contributed by atoms with Gasteiger partial charge in [0, 0.05) is 28.5 Å². The fourth-order valence-electron chi connectivity index (χ4n) is 4.24. The van der Waals surface area contributed by atoms with Crippen molar-refractivity contribution >= 4 is 11.3 Å². The molecule has 0 unspecified atom stereocenters. The Bertz CT molecular complexity index is 700. The average Bonchev–Trinajstić information content (AvgIpc) is 3.23. The van der Waals surface area contributed by atoms with Crippen molar-refractivity contribution in [1.82, 2.24) is 5.32 Å². The topological polar surface area (TPSA) is 30.5 Å². The number of hydrogen-bond acceptors (Lipinski definition) is 4. The normalized spacial score (nSPS) is 24.1. The average molecular weight is 388 g/mol. The van der Waals surface area contributed by atoms with Crippen LogP contribution in [0.4, 0.5) is 0 Å². The predicted octanol–water partition coefficient (Wildman–Crippen LogP) is 5.57. The van der Waals surface area contributed by atoms with E-state index >= 15 is 0 Å². The molecule has 1 aliphatic heterocycles. The van der Waals surface area contributed by atoms with Gasteiger partial charge in [-0.2, -0.15) is 0 Å². The Labute approximate surface area is 168 Å². The van der Waals surface area contributed by atoms with E-state index in [0.717, 1.165) is 38.2 Å². The molecule has 1 aromatic carbocycles. The lowest BCUT2D eigenvalue weighted by atomic mass is 9.68. The summed E-state index contributed by atoms with van der Waals surface area (Å²) in [6.45, 7) is 8.59. The summed E-state index contributed by atoms with van der Waals surface area (Å²) in [5.74, 6) is 1.53. The van der Waals surface area contributed by atoms with Gasteiger partial charge >= 0.3 is 0 Å². The lowest BCUT2D eigenvalue weighted by molar-refractivity contribution is -0.0474. The molecule has 1 N–H and O–H groups in total. The zero-order chi connectivity index (χ0) is 19.3. The summed E-state index contributed by atoms with van der Waals surface area (Å²) in [5.41, 5.74) is 1.44. The Balaban J connectivity index is 1.79. The van der Waals surface area contributed by atoms with Gasteiger partial charge in [0.05, 0.1) is 13.2 Å². The van der Waals surface area contributed by atoms with Gasteiger partial charge < -0.3 is 14.8 Å². The molecule has 2 aromatic rings. The number of rotatable bonds is 8. The lowest BCUT2D eigenvalue weighted by Crippen LogP contribution is -2.43. The van der Waals surface area contributed by atoms with Crippen LogP contribution in [0.25, 0.3) is 0 Å². The fraction of sp³-hybridized carbons (Fsp3) is 0.565. The van der Waals surface area contributed by atoms with Crippen molar-refractivity contribution in [2.45, 2.75) is 57.6 Å². The minimum Gasteiger partial charge on any atom is -0.496 e. The minimum absolute atomic E-state index is 0.0992. The van der Waals surface area contributed by atoms with Crippen molar-refractivity contribution in [3.05, 3.63) is 52.2 Å². The van der Waals surface area contributed by atoms with Crippen molar-refractivity contribution in [2.24, 2.45) is 5.92 Å². The van der Waals surface area contributed by atoms with Crippen LogP contribution >= 0.6 is 11.3 Å². The van der Waals surface area contributed by atoms with Gasteiger partial charge in [0.2, 0.25) is 0 Å². The Morgan fingerprint density at radius 2 is 2.04 bits per heavy atom. The number of nitrogens with one attached hydrogen (secondary N) is 1. The molecule has 2 heterocycles. The molecular formula is C23H33NO2S.